The van der Waals surface area contributed by atoms with Gasteiger partial charge >= 0.3 is 0 Å². The van der Waals surface area contributed by atoms with Gasteiger partial charge in [-0.3, -0.25) is 0 Å². The predicted molar refractivity (Wildman–Crippen MR) is 61.3 cm³/mol. The SMILES string of the molecule is CCNC(CC1CCC1)C(C)C1CC1. The van der Waals surface area contributed by atoms with Crippen LogP contribution >= 0.6 is 0 Å². The van der Waals surface area contributed by atoms with Crippen LogP contribution in [0.5, 0.6) is 0 Å². The lowest BCUT2D eigenvalue weighted by Crippen LogP contribution is -2.38. The van der Waals surface area contributed by atoms with E-state index in [1.165, 1.54) is 38.5 Å². The Balaban J connectivity index is 1.78. The molecule has 0 aromatic carbocycles. The predicted octanol–water partition coefficient (Wildman–Crippen LogP) is 3.20. The minimum atomic E-state index is 0.817. The van der Waals surface area contributed by atoms with Crippen LogP contribution in [0.1, 0.15) is 52.4 Å². The fourth-order valence-corrected chi connectivity index (χ4v) is 2.78. The third-order valence-corrected chi connectivity index (χ3v) is 4.28. The van der Waals surface area contributed by atoms with E-state index in [1.54, 1.807) is 0 Å². The van der Waals surface area contributed by atoms with Gasteiger partial charge in [0.05, 0.1) is 0 Å². The highest BCUT2D eigenvalue weighted by Crippen LogP contribution is 2.41. The van der Waals surface area contributed by atoms with E-state index in [0.717, 1.165) is 30.3 Å². The van der Waals surface area contributed by atoms with Crippen molar-refractivity contribution in [1.82, 2.24) is 5.32 Å². The number of nitrogens with one attached hydrogen (secondary N) is 1. The normalized spacial score (nSPS) is 27.0. The zero-order valence-corrected chi connectivity index (χ0v) is 9.76. The first-order valence-corrected chi connectivity index (χ1v) is 6.54. The van der Waals surface area contributed by atoms with Crippen molar-refractivity contribution in [2.45, 2.75) is 58.4 Å². The summed E-state index contributed by atoms with van der Waals surface area (Å²) < 4.78 is 0. The molecule has 1 nitrogen and oxygen atoms in total. The van der Waals surface area contributed by atoms with E-state index in [-0.39, 0.29) is 0 Å². The van der Waals surface area contributed by atoms with Gasteiger partial charge in [0.1, 0.15) is 0 Å². The maximum Gasteiger partial charge on any atom is 0.00978 e. The van der Waals surface area contributed by atoms with Crippen LogP contribution in [0.25, 0.3) is 0 Å². The molecule has 0 aliphatic heterocycles. The second-order valence-corrected chi connectivity index (χ2v) is 5.39. The molecule has 2 atom stereocenters. The summed E-state index contributed by atoms with van der Waals surface area (Å²) in [5.41, 5.74) is 0. The molecule has 1 N–H and O–H groups in total. The third kappa shape index (κ3) is 2.50. The fourth-order valence-electron chi connectivity index (χ4n) is 2.78. The van der Waals surface area contributed by atoms with E-state index >= 15 is 0 Å². The Bertz CT molecular complexity index is 170. The Morgan fingerprint density at radius 2 is 1.93 bits per heavy atom. The van der Waals surface area contributed by atoms with Crippen LogP contribution in [0.3, 0.4) is 0 Å². The molecule has 0 bridgehead atoms. The topological polar surface area (TPSA) is 12.0 Å². The summed E-state index contributed by atoms with van der Waals surface area (Å²) in [4.78, 5) is 0. The zero-order valence-electron chi connectivity index (χ0n) is 9.76. The molecular weight excluding hydrogens is 170 g/mol. The van der Waals surface area contributed by atoms with Crippen molar-refractivity contribution >= 4 is 0 Å². The van der Waals surface area contributed by atoms with E-state index in [2.05, 4.69) is 19.2 Å². The standard InChI is InChI=1S/C13H25N/c1-3-14-13(9-11-5-4-6-11)10(2)12-7-8-12/h10-14H,3-9H2,1-2H3. The Morgan fingerprint density at radius 1 is 1.21 bits per heavy atom. The van der Waals surface area contributed by atoms with E-state index in [1.807, 2.05) is 0 Å². The second-order valence-electron chi connectivity index (χ2n) is 5.39. The third-order valence-electron chi connectivity index (χ3n) is 4.28. The van der Waals surface area contributed by atoms with Crippen molar-refractivity contribution in [2.24, 2.45) is 17.8 Å². The maximum atomic E-state index is 3.70. The fraction of sp³-hybridized carbons (Fsp3) is 1.00. The van der Waals surface area contributed by atoms with Crippen molar-refractivity contribution in [3.63, 3.8) is 0 Å². The first kappa shape index (κ1) is 10.5. The van der Waals surface area contributed by atoms with Crippen molar-refractivity contribution in [2.75, 3.05) is 6.54 Å². The van der Waals surface area contributed by atoms with Crippen molar-refractivity contribution in [1.29, 1.82) is 0 Å². The average Bonchev–Trinajstić information content (AvgIpc) is 2.90. The van der Waals surface area contributed by atoms with E-state index in [9.17, 15) is 0 Å². The van der Waals surface area contributed by atoms with Gasteiger partial charge in [-0.1, -0.05) is 33.1 Å². The summed E-state index contributed by atoms with van der Waals surface area (Å²) in [5.74, 6) is 3.04. The molecule has 2 aliphatic carbocycles. The van der Waals surface area contributed by atoms with E-state index in [0.29, 0.717) is 0 Å². The van der Waals surface area contributed by atoms with Gasteiger partial charge in [-0.25, -0.2) is 0 Å². The lowest BCUT2D eigenvalue weighted by molar-refractivity contribution is 0.219. The zero-order chi connectivity index (χ0) is 9.97. The number of rotatable bonds is 6. The largest absolute Gasteiger partial charge is 0.314 e. The lowest BCUT2D eigenvalue weighted by Gasteiger charge is -2.33. The first-order valence-electron chi connectivity index (χ1n) is 6.54. The van der Waals surface area contributed by atoms with Crippen molar-refractivity contribution in [3.05, 3.63) is 0 Å². The molecule has 2 saturated carbocycles. The van der Waals surface area contributed by atoms with Crippen LogP contribution in [0.2, 0.25) is 0 Å². The number of hydrogen-bond acceptors (Lipinski definition) is 1. The Hall–Kier alpha value is -0.0400. The molecule has 1 heteroatoms. The van der Waals surface area contributed by atoms with Crippen molar-refractivity contribution < 1.29 is 0 Å². The molecule has 2 aliphatic rings. The maximum absolute atomic E-state index is 3.70. The molecule has 0 saturated heterocycles. The highest BCUT2D eigenvalue weighted by atomic mass is 14.9. The Labute approximate surface area is 88.7 Å². The van der Waals surface area contributed by atoms with Crippen LogP contribution < -0.4 is 5.32 Å². The van der Waals surface area contributed by atoms with Crippen LogP contribution in [-0.2, 0) is 0 Å². The minimum absolute atomic E-state index is 0.817. The first-order chi connectivity index (χ1) is 6.81. The molecule has 82 valence electrons. The Morgan fingerprint density at radius 3 is 2.36 bits per heavy atom. The van der Waals surface area contributed by atoms with Gasteiger partial charge < -0.3 is 5.32 Å². The molecule has 2 unspecified atom stereocenters. The van der Waals surface area contributed by atoms with Gasteiger partial charge in [-0.15, -0.1) is 0 Å². The summed E-state index contributed by atoms with van der Waals surface area (Å²) in [7, 11) is 0. The summed E-state index contributed by atoms with van der Waals surface area (Å²) in [6, 6.07) is 0.817. The van der Waals surface area contributed by atoms with Gasteiger partial charge in [0.15, 0.2) is 0 Å². The van der Waals surface area contributed by atoms with Gasteiger partial charge in [0.25, 0.3) is 0 Å². The van der Waals surface area contributed by atoms with Gasteiger partial charge in [-0.2, -0.15) is 0 Å². The number of hydrogen-bond donors (Lipinski definition) is 1. The Kier molecular flexibility index (Phi) is 3.48. The molecular formula is C13H25N. The van der Waals surface area contributed by atoms with Gasteiger partial charge in [-0.05, 0) is 43.6 Å². The molecule has 2 fully saturated rings. The summed E-state index contributed by atoms with van der Waals surface area (Å²) in [6.45, 7) is 5.85. The second kappa shape index (κ2) is 4.65. The molecule has 0 amide bonds. The van der Waals surface area contributed by atoms with Crippen molar-refractivity contribution in [3.8, 4) is 0 Å². The summed E-state index contributed by atoms with van der Waals surface area (Å²) in [5, 5.41) is 3.70. The molecule has 0 aromatic rings. The average molecular weight is 195 g/mol. The van der Waals surface area contributed by atoms with Gasteiger partial charge in [0.2, 0.25) is 0 Å². The molecule has 2 rings (SSSR count). The van der Waals surface area contributed by atoms with Crippen LogP contribution in [0, 0.1) is 17.8 Å². The van der Waals surface area contributed by atoms with Gasteiger partial charge in [0, 0.05) is 6.04 Å². The highest BCUT2D eigenvalue weighted by molar-refractivity contribution is 4.88. The molecule has 14 heavy (non-hydrogen) atoms. The monoisotopic (exact) mass is 195 g/mol. The summed E-state index contributed by atoms with van der Waals surface area (Å²) >= 11 is 0. The van der Waals surface area contributed by atoms with Crippen LogP contribution in [0.4, 0.5) is 0 Å². The lowest BCUT2D eigenvalue weighted by atomic mass is 9.78. The molecule has 0 radical (unpaired) electrons. The summed E-state index contributed by atoms with van der Waals surface area (Å²) in [6.07, 6.45) is 8.92. The minimum Gasteiger partial charge on any atom is -0.314 e. The molecule has 0 aromatic heterocycles. The smallest absolute Gasteiger partial charge is 0.00978 e. The van der Waals surface area contributed by atoms with E-state index < -0.39 is 0 Å². The van der Waals surface area contributed by atoms with E-state index in [4.69, 9.17) is 0 Å². The molecule has 0 spiro atoms. The molecule has 0 heterocycles. The van der Waals surface area contributed by atoms with Crippen LogP contribution in [0.15, 0.2) is 0 Å². The van der Waals surface area contributed by atoms with Crippen LogP contribution in [-0.4, -0.2) is 12.6 Å². The quantitative estimate of drug-likeness (QED) is 0.686. The highest BCUT2D eigenvalue weighted by Gasteiger charge is 2.34.